The molecule has 0 N–H and O–H groups in total. The van der Waals surface area contributed by atoms with E-state index >= 15 is 0 Å². The lowest BCUT2D eigenvalue weighted by Gasteiger charge is -2.18. The highest BCUT2D eigenvalue weighted by Crippen LogP contribution is 2.30. The van der Waals surface area contributed by atoms with Gasteiger partial charge in [0.2, 0.25) is 11.6 Å². The van der Waals surface area contributed by atoms with Gasteiger partial charge in [-0.3, -0.25) is 9.59 Å². The fourth-order valence-electron chi connectivity index (χ4n) is 1.73. The van der Waals surface area contributed by atoms with Gasteiger partial charge in [0.25, 0.3) is 0 Å². The summed E-state index contributed by atoms with van der Waals surface area (Å²) < 4.78 is 74.3. The van der Waals surface area contributed by atoms with Crippen LogP contribution in [-0.4, -0.2) is 23.9 Å². The van der Waals surface area contributed by atoms with Crippen LogP contribution >= 0.6 is 0 Å². The molecule has 0 radical (unpaired) electrons. The van der Waals surface area contributed by atoms with Gasteiger partial charge < -0.3 is 0 Å². The summed E-state index contributed by atoms with van der Waals surface area (Å²) in [6, 6.07) is 5.26. The van der Waals surface area contributed by atoms with Crippen molar-refractivity contribution in [3.05, 3.63) is 42.0 Å². The van der Waals surface area contributed by atoms with E-state index in [1.165, 1.54) is 30.3 Å². The lowest BCUT2D eigenvalue weighted by molar-refractivity contribution is -0.189. The average molecular weight is 324 g/mol. The van der Waals surface area contributed by atoms with Gasteiger partial charge in [0.1, 0.15) is 0 Å². The number of halogens is 6. The van der Waals surface area contributed by atoms with Crippen LogP contribution in [0, 0.1) is 5.92 Å². The van der Waals surface area contributed by atoms with Crippen molar-refractivity contribution in [1.29, 1.82) is 0 Å². The maximum Gasteiger partial charge on any atom is 0.450 e. The molecule has 1 aromatic rings. The van der Waals surface area contributed by atoms with Crippen molar-refractivity contribution in [2.24, 2.45) is 5.92 Å². The number of hydrogen-bond donors (Lipinski definition) is 0. The Morgan fingerprint density at radius 1 is 0.955 bits per heavy atom. The molecule has 0 spiro atoms. The van der Waals surface area contributed by atoms with E-state index in [0.29, 0.717) is 5.56 Å². The molecule has 0 atom stereocenters. The molecular weight excluding hydrogens is 314 g/mol. The number of carbonyl (C=O) groups excluding carboxylic acids is 2. The summed E-state index contributed by atoms with van der Waals surface area (Å²) in [5, 5.41) is 0. The molecule has 8 heteroatoms. The first-order valence-electron chi connectivity index (χ1n) is 5.90. The first kappa shape index (κ1) is 17.9. The van der Waals surface area contributed by atoms with Crippen LogP contribution in [0.5, 0.6) is 0 Å². The van der Waals surface area contributed by atoms with Gasteiger partial charge in [-0.1, -0.05) is 36.9 Å². The zero-order valence-electron chi connectivity index (χ0n) is 11.0. The average Bonchev–Trinajstić information content (AvgIpc) is 2.42. The van der Waals surface area contributed by atoms with Crippen molar-refractivity contribution < 1.29 is 35.9 Å². The first-order chi connectivity index (χ1) is 9.96. The Hall–Kier alpha value is -2.12. The van der Waals surface area contributed by atoms with Crippen LogP contribution in [-0.2, 0) is 16.0 Å². The van der Waals surface area contributed by atoms with E-state index < -0.39 is 36.3 Å². The molecule has 0 unspecified atom stereocenters. The summed E-state index contributed by atoms with van der Waals surface area (Å²) in [6.07, 6.45) is -10.6. The zero-order valence-corrected chi connectivity index (χ0v) is 11.0. The number of alkyl halides is 6. The summed E-state index contributed by atoms with van der Waals surface area (Å²) in [5.74, 6) is -8.25. The maximum absolute atomic E-state index is 12.4. The summed E-state index contributed by atoms with van der Waals surface area (Å²) in [7, 11) is 0. The predicted octanol–water partition coefficient (Wildman–Crippen LogP) is 3.75. The molecule has 1 rings (SSSR count). The molecule has 22 heavy (non-hydrogen) atoms. The molecule has 0 amide bonds. The van der Waals surface area contributed by atoms with E-state index in [2.05, 4.69) is 6.58 Å². The minimum Gasteiger partial charge on any atom is -0.289 e. The molecule has 0 aliphatic rings. The minimum absolute atomic E-state index is 0.00537. The Labute approximate surface area is 121 Å². The number of carbonyl (C=O) groups is 2. The number of Topliss-reactive ketones (excluding diaryl/α,β-unsaturated/α-hetero) is 2. The molecule has 0 saturated heterocycles. The molecular formula is C14H10F6O2. The van der Waals surface area contributed by atoms with Gasteiger partial charge >= 0.3 is 12.4 Å². The molecule has 120 valence electrons. The number of benzene rings is 1. The van der Waals surface area contributed by atoms with Gasteiger partial charge in [-0.2, -0.15) is 26.3 Å². The molecule has 2 nitrogen and oxygen atoms in total. The monoisotopic (exact) mass is 324 g/mol. The Bertz CT molecular complexity index is 542. The second-order valence-electron chi connectivity index (χ2n) is 4.43. The third-order valence-electron chi connectivity index (χ3n) is 2.85. The predicted molar refractivity (Wildman–Crippen MR) is 65.9 cm³/mol. The van der Waals surface area contributed by atoms with Crippen molar-refractivity contribution in [2.75, 3.05) is 0 Å². The van der Waals surface area contributed by atoms with Crippen LogP contribution in [0.25, 0.3) is 6.08 Å². The van der Waals surface area contributed by atoms with Gasteiger partial charge in [-0.05, 0) is 17.5 Å². The van der Waals surface area contributed by atoms with Crippen molar-refractivity contribution in [1.82, 2.24) is 0 Å². The van der Waals surface area contributed by atoms with Gasteiger partial charge in [0, 0.05) is 0 Å². The molecule has 0 aliphatic carbocycles. The first-order valence-corrected chi connectivity index (χ1v) is 5.90. The van der Waals surface area contributed by atoms with Crippen LogP contribution < -0.4 is 0 Å². The van der Waals surface area contributed by atoms with E-state index in [1.54, 1.807) is 0 Å². The molecule has 0 saturated carbocycles. The van der Waals surface area contributed by atoms with Gasteiger partial charge in [0.05, 0.1) is 5.92 Å². The summed E-state index contributed by atoms with van der Waals surface area (Å²) in [5.41, 5.74) is 0.593. The summed E-state index contributed by atoms with van der Waals surface area (Å²) in [4.78, 5) is 22.2. The fraction of sp³-hybridized carbons (Fsp3) is 0.286. The van der Waals surface area contributed by atoms with Gasteiger partial charge in [-0.25, -0.2) is 0 Å². The molecule has 0 aromatic heterocycles. The molecule has 0 aliphatic heterocycles. The van der Waals surface area contributed by atoms with Crippen molar-refractivity contribution in [2.45, 2.75) is 18.8 Å². The SMILES string of the molecule is C=Cc1ccc(CC(C(=O)C(F)(F)F)C(=O)C(F)(F)F)cc1. The molecule has 1 aromatic carbocycles. The summed E-state index contributed by atoms with van der Waals surface area (Å²) in [6.45, 7) is 3.44. The smallest absolute Gasteiger partial charge is 0.289 e. The highest BCUT2D eigenvalue weighted by Gasteiger charge is 2.53. The second kappa shape index (κ2) is 6.33. The van der Waals surface area contributed by atoms with Crippen LogP contribution in [0.15, 0.2) is 30.8 Å². The van der Waals surface area contributed by atoms with Gasteiger partial charge in [0.15, 0.2) is 0 Å². The van der Waals surface area contributed by atoms with E-state index in [1.807, 2.05) is 0 Å². The normalized spacial score (nSPS) is 12.3. The highest BCUT2D eigenvalue weighted by atomic mass is 19.4. The van der Waals surface area contributed by atoms with Crippen molar-refractivity contribution in [3.8, 4) is 0 Å². The second-order valence-corrected chi connectivity index (χ2v) is 4.43. The lowest BCUT2D eigenvalue weighted by Crippen LogP contribution is -2.42. The Morgan fingerprint density at radius 3 is 1.68 bits per heavy atom. The van der Waals surface area contributed by atoms with E-state index in [9.17, 15) is 35.9 Å². The van der Waals surface area contributed by atoms with E-state index in [-0.39, 0.29) is 5.56 Å². The highest BCUT2D eigenvalue weighted by molar-refractivity contribution is 6.07. The molecule has 0 bridgehead atoms. The van der Waals surface area contributed by atoms with Crippen molar-refractivity contribution in [3.63, 3.8) is 0 Å². The standard InChI is InChI=1S/C14H10F6O2/c1-2-8-3-5-9(6-4-8)7-10(11(21)13(15,16)17)12(22)14(18,19)20/h2-6,10H,1,7H2. The van der Waals surface area contributed by atoms with Crippen LogP contribution in [0.3, 0.4) is 0 Å². The van der Waals surface area contributed by atoms with E-state index in [4.69, 9.17) is 0 Å². The van der Waals surface area contributed by atoms with Crippen LogP contribution in [0.2, 0.25) is 0 Å². The molecule has 0 fully saturated rings. The summed E-state index contributed by atoms with van der Waals surface area (Å²) >= 11 is 0. The maximum atomic E-state index is 12.4. The third kappa shape index (κ3) is 4.44. The van der Waals surface area contributed by atoms with Crippen LogP contribution in [0.4, 0.5) is 26.3 Å². The number of rotatable bonds is 5. The van der Waals surface area contributed by atoms with Crippen LogP contribution in [0.1, 0.15) is 11.1 Å². The number of hydrogen-bond acceptors (Lipinski definition) is 2. The Balaban J connectivity index is 3.12. The van der Waals surface area contributed by atoms with Crippen molar-refractivity contribution >= 4 is 17.6 Å². The topological polar surface area (TPSA) is 34.1 Å². The minimum atomic E-state index is -5.52. The zero-order chi connectivity index (χ0) is 17.1. The quantitative estimate of drug-likeness (QED) is 0.611. The molecule has 0 heterocycles. The third-order valence-corrected chi connectivity index (χ3v) is 2.85. The number of ketones is 2. The fourth-order valence-corrected chi connectivity index (χ4v) is 1.73. The Morgan fingerprint density at radius 2 is 1.36 bits per heavy atom. The lowest BCUT2D eigenvalue weighted by atomic mass is 9.90. The van der Waals surface area contributed by atoms with Gasteiger partial charge in [-0.15, -0.1) is 0 Å². The van der Waals surface area contributed by atoms with E-state index in [0.717, 1.165) is 0 Å². The largest absolute Gasteiger partial charge is 0.450 e. The Kier molecular flexibility index (Phi) is 5.16.